The first-order valence-electron chi connectivity index (χ1n) is 9.41. The molecule has 0 bridgehead atoms. The van der Waals surface area contributed by atoms with E-state index in [0.717, 1.165) is 25.7 Å². The number of ether oxygens (including phenoxy) is 3. The van der Waals surface area contributed by atoms with Crippen LogP contribution in [0.4, 0.5) is 4.79 Å². The maximum atomic E-state index is 12.5. The van der Waals surface area contributed by atoms with Gasteiger partial charge >= 0.3 is 12.1 Å². The Labute approximate surface area is 151 Å². The summed E-state index contributed by atoms with van der Waals surface area (Å²) in [4.78, 5) is 25.4. The van der Waals surface area contributed by atoms with Crippen molar-refractivity contribution in [3.8, 4) is 0 Å². The minimum absolute atomic E-state index is 0.0512. The molecule has 0 aliphatic heterocycles. The number of carbonyl (C=O) groups excluding carboxylic acids is 1. The van der Waals surface area contributed by atoms with E-state index in [0.29, 0.717) is 32.6 Å². The summed E-state index contributed by atoms with van der Waals surface area (Å²) >= 11 is 0. The van der Waals surface area contributed by atoms with Crippen LogP contribution < -0.4 is 0 Å². The Balaban J connectivity index is 4.84. The molecule has 1 unspecified atom stereocenters. The van der Waals surface area contributed by atoms with Gasteiger partial charge < -0.3 is 19.3 Å². The number of hydrogen-bond acceptors (Lipinski definition) is 5. The zero-order valence-electron chi connectivity index (χ0n) is 16.2. The summed E-state index contributed by atoms with van der Waals surface area (Å²) in [6.45, 7) is 8.87. The van der Waals surface area contributed by atoms with Crippen LogP contribution in [0.1, 0.15) is 66.2 Å². The summed E-state index contributed by atoms with van der Waals surface area (Å²) in [7, 11) is 0. The van der Waals surface area contributed by atoms with Crippen LogP contribution in [0.5, 0.6) is 0 Å². The van der Waals surface area contributed by atoms with Crippen LogP contribution in [-0.2, 0) is 19.0 Å². The molecular weight excluding hydrogens is 326 g/mol. The molecule has 1 N–H and O–H groups in total. The normalized spacial score (nSPS) is 12.2. The van der Waals surface area contributed by atoms with Crippen LogP contribution in [0.3, 0.4) is 0 Å². The van der Waals surface area contributed by atoms with E-state index in [9.17, 15) is 14.7 Å². The first-order chi connectivity index (χ1) is 12.0. The van der Waals surface area contributed by atoms with Gasteiger partial charge in [0.05, 0.1) is 0 Å². The summed E-state index contributed by atoms with van der Waals surface area (Å²) in [5, 5.41) is 9.47. The number of aliphatic carboxylic acids is 1. The molecular formula is C18H35NO6. The fourth-order valence-electron chi connectivity index (χ4n) is 2.51. The van der Waals surface area contributed by atoms with Crippen LogP contribution in [0.2, 0.25) is 0 Å². The van der Waals surface area contributed by atoms with Gasteiger partial charge in [0.25, 0.3) is 0 Å². The van der Waals surface area contributed by atoms with Crippen molar-refractivity contribution in [2.45, 2.75) is 78.6 Å². The highest BCUT2D eigenvalue weighted by molar-refractivity contribution is 5.80. The molecule has 0 saturated carbocycles. The molecule has 25 heavy (non-hydrogen) atoms. The van der Waals surface area contributed by atoms with Gasteiger partial charge in [-0.1, -0.05) is 39.5 Å². The fraction of sp³-hybridized carbons (Fsp3) is 0.889. The van der Waals surface area contributed by atoms with E-state index in [4.69, 9.17) is 14.2 Å². The predicted octanol–water partition coefficient (Wildman–Crippen LogP) is 3.66. The van der Waals surface area contributed by atoms with Crippen molar-refractivity contribution >= 4 is 12.1 Å². The van der Waals surface area contributed by atoms with E-state index < -0.39 is 24.4 Å². The maximum absolute atomic E-state index is 12.5. The molecule has 7 heteroatoms. The molecule has 0 radical (unpaired) electrons. The highest BCUT2D eigenvalue weighted by Gasteiger charge is 2.30. The zero-order valence-corrected chi connectivity index (χ0v) is 16.2. The van der Waals surface area contributed by atoms with Gasteiger partial charge in [-0.2, -0.15) is 0 Å². The number of unbranched alkanes of at least 4 members (excludes halogenated alkanes) is 3. The van der Waals surface area contributed by atoms with Gasteiger partial charge in [0.2, 0.25) is 0 Å². The van der Waals surface area contributed by atoms with E-state index in [1.54, 1.807) is 0 Å². The lowest BCUT2D eigenvalue weighted by molar-refractivity contribution is -0.160. The maximum Gasteiger partial charge on any atom is 0.410 e. The average molecular weight is 361 g/mol. The van der Waals surface area contributed by atoms with Crippen molar-refractivity contribution in [2.75, 3.05) is 26.4 Å². The van der Waals surface area contributed by atoms with Crippen LogP contribution >= 0.6 is 0 Å². The number of amides is 1. The van der Waals surface area contributed by atoms with E-state index in [1.165, 1.54) is 4.90 Å². The molecule has 0 fully saturated rings. The molecule has 0 aliphatic carbocycles. The summed E-state index contributed by atoms with van der Waals surface area (Å²) in [6, 6.07) is -0.864. The van der Waals surface area contributed by atoms with E-state index in [1.807, 2.05) is 20.8 Å². The second-order valence-corrected chi connectivity index (χ2v) is 5.81. The Morgan fingerprint density at radius 3 is 2.08 bits per heavy atom. The van der Waals surface area contributed by atoms with Gasteiger partial charge in [0, 0.05) is 19.8 Å². The minimum Gasteiger partial charge on any atom is -0.480 e. The Morgan fingerprint density at radius 2 is 1.60 bits per heavy atom. The van der Waals surface area contributed by atoms with Crippen LogP contribution in [0.25, 0.3) is 0 Å². The third kappa shape index (κ3) is 10.3. The standard InChI is InChI=1S/C18H35NO6/c1-5-9-10-11-13-19(15(12-6-2)17(20)21)18(22)25-14-16(23-7-3)24-8-4/h15-16H,5-14H2,1-4H3,(H,20,21). The van der Waals surface area contributed by atoms with Crippen molar-refractivity contribution in [2.24, 2.45) is 0 Å². The molecule has 7 nitrogen and oxygen atoms in total. The molecule has 0 heterocycles. The number of nitrogens with zero attached hydrogens (tertiary/aromatic N) is 1. The Kier molecular flexibility index (Phi) is 14.2. The largest absolute Gasteiger partial charge is 0.480 e. The lowest BCUT2D eigenvalue weighted by Gasteiger charge is -2.29. The summed E-state index contributed by atoms with van der Waals surface area (Å²) in [5.41, 5.74) is 0. The Hall–Kier alpha value is -1.34. The summed E-state index contributed by atoms with van der Waals surface area (Å²) in [6.07, 6.45) is 3.68. The molecule has 148 valence electrons. The van der Waals surface area contributed by atoms with Crippen LogP contribution in [-0.4, -0.2) is 60.8 Å². The SMILES string of the molecule is CCCCCCN(C(=O)OCC(OCC)OCC)C(CCC)C(=O)O. The number of rotatable bonds is 15. The van der Waals surface area contributed by atoms with Gasteiger partial charge in [-0.15, -0.1) is 0 Å². The Bertz CT molecular complexity index is 357. The van der Waals surface area contributed by atoms with E-state index in [-0.39, 0.29) is 6.61 Å². The lowest BCUT2D eigenvalue weighted by Crippen LogP contribution is -2.46. The molecule has 0 aliphatic rings. The fourth-order valence-corrected chi connectivity index (χ4v) is 2.51. The molecule has 1 amide bonds. The molecule has 0 spiro atoms. The summed E-state index contributed by atoms with van der Waals surface area (Å²) in [5.74, 6) is -1.000. The minimum atomic E-state index is -1.000. The smallest absolute Gasteiger partial charge is 0.410 e. The highest BCUT2D eigenvalue weighted by Crippen LogP contribution is 2.13. The number of carbonyl (C=O) groups is 2. The third-order valence-corrected chi connectivity index (χ3v) is 3.76. The van der Waals surface area contributed by atoms with Crippen molar-refractivity contribution in [1.29, 1.82) is 0 Å². The average Bonchev–Trinajstić information content (AvgIpc) is 2.58. The van der Waals surface area contributed by atoms with E-state index in [2.05, 4.69) is 6.92 Å². The topological polar surface area (TPSA) is 85.3 Å². The monoisotopic (exact) mass is 361 g/mol. The Morgan fingerprint density at radius 1 is 0.960 bits per heavy atom. The van der Waals surface area contributed by atoms with Gasteiger partial charge in [-0.3, -0.25) is 4.90 Å². The molecule has 0 rings (SSSR count). The van der Waals surface area contributed by atoms with Crippen LogP contribution in [0, 0.1) is 0 Å². The molecule has 0 saturated heterocycles. The summed E-state index contributed by atoms with van der Waals surface area (Å²) < 4.78 is 16.0. The van der Waals surface area contributed by atoms with E-state index >= 15 is 0 Å². The zero-order chi connectivity index (χ0) is 19.1. The van der Waals surface area contributed by atoms with Gasteiger partial charge in [0.1, 0.15) is 12.6 Å². The number of carboxylic acids is 1. The van der Waals surface area contributed by atoms with Gasteiger partial charge in [-0.25, -0.2) is 9.59 Å². The molecule has 0 aromatic rings. The van der Waals surface area contributed by atoms with Crippen molar-refractivity contribution in [1.82, 2.24) is 4.90 Å². The molecule has 1 atom stereocenters. The van der Waals surface area contributed by atoms with Crippen molar-refractivity contribution < 1.29 is 28.9 Å². The highest BCUT2D eigenvalue weighted by atomic mass is 16.7. The number of hydrogen-bond donors (Lipinski definition) is 1. The van der Waals surface area contributed by atoms with Crippen LogP contribution in [0.15, 0.2) is 0 Å². The number of carboxylic acid groups (broad SMARTS) is 1. The first-order valence-corrected chi connectivity index (χ1v) is 9.41. The molecule has 0 aromatic heterocycles. The first kappa shape index (κ1) is 23.7. The molecule has 0 aromatic carbocycles. The second kappa shape index (κ2) is 15.0. The van der Waals surface area contributed by atoms with Crippen molar-refractivity contribution in [3.05, 3.63) is 0 Å². The lowest BCUT2D eigenvalue weighted by atomic mass is 10.1. The predicted molar refractivity (Wildman–Crippen MR) is 95.6 cm³/mol. The van der Waals surface area contributed by atoms with Gasteiger partial charge in [-0.05, 0) is 26.7 Å². The van der Waals surface area contributed by atoms with Gasteiger partial charge in [0.15, 0.2) is 6.29 Å². The third-order valence-electron chi connectivity index (χ3n) is 3.76. The van der Waals surface area contributed by atoms with Crippen molar-refractivity contribution in [3.63, 3.8) is 0 Å². The second-order valence-electron chi connectivity index (χ2n) is 5.81. The quantitative estimate of drug-likeness (QED) is 0.354.